The fourth-order valence-electron chi connectivity index (χ4n) is 8.03. The van der Waals surface area contributed by atoms with Crippen LogP contribution in [0.15, 0.2) is 11.1 Å². The first kappa shape index (κ1) is 21.9. The molecule has 0 aromatic carbocycles. The van der Waals surface area contributed by atoms with E-state index in [-0.39, 0.29) is 17.1 Å². The van der Waals surface area contributed by atoms with Crippen LogP contribution in [0.25, 0.3) is 0 Å². The van der Waals surface area contributed by atoms with Gasteiger partial charge in [0.25, 0.3) is 0 Å². The van der Waals surface area contributed by atoms with Gasteiger partial charge >= 0.3 is 0 Å². The van der Waals surface area contributed by atoms with E-state index in [1.165, 1.54) is 51.4 Å². The van der Waals surface area contributed by atoms with E-state index in [0.717, 1.165) is 31.3 Å². The molecule has 29 heavy (non-hydrogen) atoms. The van der Waals surface area contributed by atoms with Gasteiger partial charge in [-0.05, 0) is 86.5 Å². The highest BCUT2D eigenvalue weighted by Gasteiger charge is 2.62. The molecule has 3 aliphatic carbocycles. The minimum Gasteiger partial charge on any atom is -0.393 e. The van der Waals surface area contributed by atoms with E-state index >= 15 is 0 Å². The SMILES string of the molecule is CC(C)CCC[C@@H](C)[C@H]1CO[C@]2(C)C3=C(CC[C@]12C)[C@@]1(C)CC[C@H](O)C[C@@H]1CC3. The molecule has 166 valence electrons. The number of allylic oxidation sites excluding steroid dienone is 1. The van der Waals surface area contributed by atoms with E-state index in [4.69, 9.17) is 4.74 Å². The predicted molar refractivity (Wildman–Crippen MR) is 121 cm³/mol. The van der Waals surface area contributed by atoms with E-state index in [1.54, 1.807) is 11.1 Å². The molecule has 1 N–H and O–H groups in total. The fourth-order valence-corrected chi connectivity index (χ4v) is 8.03. The van der Waals surface area contributed by atoms with Gasteiger partial charge in [-0.25, -0.2) is 0 Å². The highest BCUT2D eigenvalue weighted by atomic mass is 16.5. The third-order valence-electron chi connectivity index (χ3n) is 10.3. The minimum atomic E-state index is -0.0709. The maximum absolute atomic E-state index is 10.3. The predicted octanol–water partition coefficient (Wildman–Crippen LogP) is 6.91. The van der Waals surface area contributed by atoms with Gasteiger partial charge in [-0.2, -0.15) is 0 Å². The number of fused-ring (bicyclic) bond motifs is 4. The summed E-state index contributed by atoms with van der Waals surface area (Å²) in [5, 5.41) is 10.3. The summed E-state index contributed by atoms with van der Waals surface area (Å²) in [4.78, 5) is 0. The second kappa shape index (κ2) is 7.66. The summed E-state index contributed by atoms with van der Waals surface area (Å²) in [6.07, 6.45) is 12.1. The van der Waals surface area contributed by atoms with Gasteiger partial charge in [0.05, 0.1) is 18.3 Å². The molecule has 1 heterocycles. The molecular formula is C27H46O2. The molecule has 0 spiro atoms. The number of rotatable bonds is 5. The van der Waals surface area contributed by atoms with Crippen LogP contribution in [0.2, 0.25) is 0 Å². The smallest absolute Gasteiger partial charge is 0.0923 e. The van der Waals surface area contributed by atoms with Crippen LogP contribution in [0.5, 0.6) is 0 Å². The van der Waals surface area contributed by atoms with Gasteiger partial charge in [-0.1, -0.05) is 59.5 Å². The molecule has 2 heteroatoms. The zero-order chi connectivity index (χ0) is 21.0. The quantitative estimate of drug-likeness (QED) is 0.506. The van der Waals surface area contributed by atoms with Crippen molar-refractivity contribution in [2.24, 2.45) is 34.5 Å². The molecule has 1 aliphatic heterocycles. The van der Waals surface area contributed by atoms with Crippen molar-refractivity contribution in [3.63, 3.8) is 0 Å². The molecule has 0 bridgehead atoms. The average Bonchev–Trinajstić information content (AvgIpc) is 2.93. The number of ether oxygens (including phenoxy) is 1. The van der Waals surface area contributed by atoms with Crippen molar-refractivity contribution >= 4 is 0 Å². The van der Waals surface area contributed by atoms with Crippen molar-refractivity contribution in [3.05, 3.63) is 11.1 Å². The third kappa shape index (κ3) is 3.36. The van der Waals surface area contributed by atoms with Gasteiger partial charge < -0.3 is 9.84 Å². The van der Waals surface area contributed by atoms with E-state index in [0.29, 0.717) is 17.3 Å². The minimum absolute atomic E-state index is 0.0679. The van der Waals surface area contributed by atoms with Crippen LogP contribution in [-0.4, -0.2) is 23.4 Å². The molecule has 0 aromatic rings. The Morgan fingerprint density at radius 3 is 2.48 bits per heavy atom. The Balaban J connectivity index is 1.59. The monoisotopic (exact) mass is 402 g/mol. The standard InChI is InChI=1S/C27H46O2/c1-18(2)8-7-9-19(3)24-17-29-27(6)23-11-10-20-16-21(28)12-14-25(20,4)22(23)13-15-26(24,27)5/h18-21,24,28H,7-17H2,1-6H3/t19-,20+,21+,24-,25+,26-,27-/m1/s1. The summed E-state index contributed by atoms with van der Waals surface area (Å²) in [7, 11) is 0. The van der Waals surface area contributed by atoms with E-state index in [9.17, 15) is 5.11 Å². The topological polar surface area (TPSA) is 29.5 Å². The van der Waals surface area contributed by atoms with Gasteiger partial charge in [0, 0.05) is 5.41 Å². The van der Waals surface area contributed by atoms with Crippen molar-refractivity contribution in [2.75, 3.05) is 6.61 Å². The molecule has 0 aromatic heterocycles. The second-order valence-electron chi connectivity index (χ2n) is 12.2. The summed E-state index contributed by atoms with van der Waals surface area (Å²) in [6.45, 7) is 15.7. The molecule has 1 saturated carbocycles. The van der Waals surface area contributed by atoms with Crippen LogP contribution in [0.4, 0.5) is 0 Å². The number of aliphatic hydroxyl groups is 1. The van der Waals surface area contributed by atoms with Crippen LogP contribution in [0.1, 0.15) is 106 Å². The van der Waals surface area contributed by atoms with Crippen LogP contribution < -0.4 is 0 Å². The number of aliphatic hydroxyl groups excluding tert-OH is 1. The molecular weight excluding hydrogens is 356 g/mol. The summed E-state index contributed by atoms with van der Waals surface area (Å²) in [5.74, 6) is 2.92. The Kier molecular flexibility index (Phi) is 5.78. The Labute approximate surface area is 179 Å². The lowest BCUT2D eigenvalue weighted by Gasteiger charge is -2.57. The Morgan fingerprint density at radius 1 is 1.00 bits per heavy atom. The Hall–Kier alpha value is -0.340. The first-order chi connectivity index (χ1) is 13.6. The lowest BCUT2D eigenvalue weighted by molar-refractivity contribution is -0.0474. The molecule has 0 radical (unpaired) electrons. The highest BCUT2D eigenvalue weighted by molar-refractivity contribution is 5.39. The lowest BCUT2D eigenvalue weighted by Crippen LogP contribution is -2.53. The molecule has 4 rings (SSSR count). The normalized spacial score (nSPS) is 45.7. The summed E-state index contributed by atoms with van der Waals surface area (Å²) in [6, 6.07) is 0. The largest absolute Gasteiger partial charge is 0.393 e. The maximum Gasteiger partial charge on any atom is 0.0923 e. The first-order valence-electron chi connectivity index (χ1n) is 12.7. The van der Waals surface area contributed by atoms with Crippen molar-refractivity contribution in [3.8, 4) is 0 Å². The molecule has 4 aliphatic rings. The zero-order valence-corrected chi connectivity index (χ0v) is 20.0. The Bertz CT molecular complexity index is 651. The zero-order valence-electron chi connectivity index (χ0n) is 20.0. The average molecular weight is 403 g/mol. The first-order valence-corrected chi connectivity index (χ1v) is 12.7. The summed E-state index contributed by atoms with van der Waals surface area (Å²) < 4.78 is 6.82. The van der Waals surface area contributed by atoms with Gasteiger partial charge in [0.2, 0.25) is 0 Å². The third-order valence-corrected chi connectivity index (χ3v) is 10.3. The highest BCUT2D eigenvalue weighted by Crippen LogP contribution is 2.66. The Morgan fingerprint density at radius 2 is 1.76 bits per heavy atom. The van der Waals surface area contributed by atoms with Crippen LogP contribution >= 0.6 is 0 Å². The van der Waals surface area contributed by atoms with Gasteiger partial charge in [0.15, 0.2) is 0 Å². The molecule has 0 unspecified atom stereocenters. The van der Waals surface area contributed by atoms with Crippen LogP contribution in [-0.2, 0) is 4.74 Å². The summed E-state index contributed by atoms with van der Waals surface area (Å²) >= 11 is 0. The van der Waals surface area contributed by atoms with Crippen molar-refractivity contribution in [1.29, 1.82) is 0 Å². The van der Waals surface area contributed by atoms with E-state index in [2.05, 4.69) is 41.5 Å². The lowest BCUT2D eigenvalue weighted by atomic mass is 9.48. The van der Waals surface area contributed by atoms with Gasteiger partial charge in [-0.3, -0.25) is 0 Å². The van der Waals surface area contributed by atoms with Gasteiger partial charge in [0.1, 0.15) is 0 Å². The molecule has 0 amide bonds. The molecule has 2 fully saturated rings. The second-order valence-corrected chi connectivity index (χ2v) is 12.2. The molecule has 2 nitrogen and oxygen atoms in total. The van der Waals surface area contributed by atoms with Crippen molar-refractivity contribution < 1.29 is 9.84 Å². The van der Waals surface area contributed by atoms with E-state index in [1.807, 2.05) is 0 Å². The molecule has 7 atom stereocenters. The fraction of sp³-hybridized carbons (Fsp3) is 0.926. The van der Waals surface area contributed by atoms with Crippen molar-refractivity contribution in [1.82, 2.24) is 0 Å². The van der Waals surface area contributed by atoms with Crippen LogP contribution in [0, 0.1) is 34.5 Å². The van der Waals surface area contributed by atoms with Crippen molar-refractivity contribution in [2.45, 2.75) is 117 Å². The van der Waals surface area contributed by atoms with Crippen LogP contribution in [0.3, 0.4) is 0 Å². The van der Waals surface area contributed by atoms with Gasteiger partial charge in [-0.15, -0.1) is 0 Å². The van der Waals surface area contributed by atoms with E-state index < -0.39 is 0 Å². The maximum atomic E-state index is 10.3. The number of hydrogen-bond acceptors (Lipinski definition) is 2. The number of hydrogen-bond donors (Lipinski definition) is 1. The summed E-state index contributed by atoms with van der Waals surface area (Å²) in [5.41, 5.74) is 3.94. The molecule has 1 saturated heterocycles.